The van der Waals surface area contributed by atoms with Gasteiger partial charge in [-0.25, -0.2) is 9.78 Å². The Morgan fingerprint density at radius 3 is 2.58 bits per heavy atom. The highest BCUT2D eigenvalue weighted by atomic mass is 127. The van der Waals surface area contributed by atoms with Crippen LogP contribution in [0, 0.1) is 3.57 Å². The van der Waals surface area contributed by atoms with Gasteiger partial charge in [-0.15, -0.1) is 0 Å². The molecule has 0 atom stereocenters. The van der Waals surface area contributed by atoms with Crippen molar-refractivity contribution in [3.05, 3.63) is 51.6 Å². The van der Waals surface area contributed by atoms with E-state index in [1.807, 2.05) is 30.3 Å². The fourth-order valence-corrected chi connectivity index (χ4v) is 2.31. The minimum Gasteiger partial charge on any atom is -0.478 e. The maximum absolute atomic E-state index is 11.2. The van der Waals surface area contributed by atoms with Gasteiger partial charge in [0.1, 0.15) is 11.3 Å². The molecule has 0 aliphatic rings. The highest BCUT2D eigenvalue weighted by Gasteiger charge is 2.12. The third-order valence-corrected chi connectivity index (χ3v) is 3.58. The molecule has 0 saturated carbocycles. The molecule has 3 rings (SSSR count). The quantitative estimate of drug-likeness (QED) is 0.684. The van der Waals surface area contributed by atoms with Crippen LogP contribution in [0.15, 0.2) is 42.5 Å². The normalized spacial score (nSPS) is 10.8. The van der Waals surface area contributed by atoms with Crippen molar-refractivity contribution >= 4 is 39.6 Å². The van der Waals surface area contributed by atoms with Crippen LogP contribution >= 0.6 is 22.6 Å². The third-order valence-electron chi connectivity index (χ3n) is 2.86. The van der Waals surface area contributed by atoms with E-state index < -0.39 is 5.97 Å². The summed E-state index contributed by atoms with van der Waals surface area (Å²) in [5, 5.41) is 9.14. The number of para-hydroxylation sites is 1. The van der Waals surface area contributed by atoms with Crippen LogP contribution in [-0.4, -0.2) is 21.0 Å². The number of imidazole rings is 1. The minimum absolute atomic E-state index is 0.213. The Morgan fingerprint density at radius 2 is 1.89 bits per heavy atom. The van der Waals surface area contributed by atoms with Gasteiger partial charge < -0.3 is 10.1 Å². The van der Waals surface area contributed by atoms with Gasteiger partial charge in [0.2, 0.25) is 0 Å². The number of rotatable bonds is 2. The molecule has 0 aliphatic heterocycles. The first-order valence-electron chi connectivity index (χ1n) is 5.63. The van der Waals surface area contributed by atoms with E-state index in [-0.39, 0.29) is 5.56 Å². The molecule has 3 aromatic rings. The van der Waals surface area contributed by atoms with Crippen LogP contribution in [0.2, 0.25) is 0 Å². The lowest BCUT2D eigenvalue weighted by atomic mass is 10.2. The summed E-state index contributed by atoms with van der Waals surface area (Å²) in [7, 11) is 0. The number of halogens is 1. The van der Waals surface area contributed by atoms with Gasteiger partial charge in [0.25, 0.3) is 0 Å². The van der Waals surface area contributed by atoms with Crippen LogP contribution in [0.1, 0.15) is 10.4 Å². The molecular formula is C14H9IN2O2. The van der Waals surface area contributed by atoms with E-state index in [9.17, 15) is 4.79 Å². The molecule has 4 nitrogen and oxygen atoms in total. The average Bonchev–Trinajstić information content (AvgIpc) is 2.82. The van der Waals surface area contributed by atoms with E-state index in [0.717, 1.165) is 14.7 Å². The molecule has 5 heteroatoms. The zero-order valence-electron chi connectivity index (χ0n) is 9.72. The fraction of sp³-hybridized carbons (Fsp3) is 0. The lowest BCUT2D eigenvalue weighted by molar-refractivity contribution is 0.0699. The molecule has 0 amide bonds. The first kappa shape index (κ1) is 12.2. The number of fused-ring (bicyclic) bond motifs is 1. The van der Waals surface area contributed by atoms with Crippen molar-refractivity contribution in [1.82, 2.24) is 9.97 Å². The zero-order chi connectivity index (χ0) is 13.4. The second-order valence-corrected chi connectivity index (χ2v) is 5.34. The molecule has 2 N–H and O–H groups in total. The number of carbonyl (C=O) groups is 1. The second kappa shape index (κ2) is 4.65. The summed E-state index contributed by atoms with van der Waals surface area (Å²) in [6.07, 6.45) is 0. The summed E-state index contributed by atoms with van der Waals surface area (Å²) < 4.78 is 1.14. The van der Waals surface area contributed by atoms with Crippen molar-refractivity contribution in [2.45, 2.75) is 0 Å². The smallest absolute Gasteiger partial charge is 0.337 e. The molecule has 0 radical (unpaired) electrons. The van der Waals surface area contributed by atoms with Crippen LogP contribution < -0.4 is 0 Å². The number of H-pyrrole nitrogens is 1. The Hall–Kier alpha value is -1.89. The van der Waals surface area contributed by atoms with Crippen molar-refractivity contribution in [1.29, 1.82) is 0 Å². The highest BCUT2D eigenvalue weighted by molar-refractivity contribution is 14.1. The number of carboxylic acid groups (broad SMARTS) is 1. The van der Waals surface area contributed by atoms with Crippen molar-refractivity contribution in [3.63, 3.8) is 0 Å². The molecule has 2 aromatic carbocycles. The molecule has 0 saturated heterocycles. The number of nitrogens with one attached hydrogen (secondary N) is 1. The molecule has 1 aromatic heterocycles. The fourth-order valence-electron chi connectivity index (χ4n) is 1.95. The lowest BCUT2D eigenvalue weighted by Crippen LogP contribution is -1.96. The molecule has 94 valence electrons. The van der Waals surface area contributed by atoms with Gasteiger partial charge in [-0.1, -0.05) is 18.2 Å². The number of hydrogen-bond donors (Lipinski definition) is 2. The summed E-state index contributed by atoms with van der Waals surface area (Å²) in [5.41, 5.74) is 2.37. The van der Waals surface area contributed by atoms with Gasteiger partial charge in [-0.2, -0.15) is 0 Å². The highest BCUT2D eigenvalue weighted by Crippen LogP contribution is 2.23. The van der Waals surface area contributed by atoms with Gasteiger partial charge in [-0.3, -0.25) is 0 Å². The van der Waals surface area contributed by atoms with Crippen molar-refractivity contribution in [2.24, 2.45) is 0 Å². The first-order valence-corrected chi connectivity index (χ1v) is 6.71. The molecule has 0 bridgehead atoms. The summed E-state index contributed by atoms with van der Waals surface area (Å²) in [6, 6.07) is 13.0. The summed E-state index contributed by atoms with van der Waals surface area (Å²) in [5.74, 6) is -0.286. The number of nitrogens with zero attached hydrogens (tertiary/aromatic N) is 1. The Balaban J connectivity index is 2.19. The molecule has 1 heterocycles. The number of hydrogen-bond acceptors (Lipinski definition) is 2. The predicted octanol–water partition coefficient (Wildman–Crippen LogP) is 3.53. The molecule has 0 aliphatic carbocycles. The Kier molecular flexibility index (Phi) is 2.98. The van der Waals surface area contributed by atoms with E-state index in [4.69, 9.17) is 5.11 Å². The third kappa shape index (κ3) is 2.21. The van der Waals surface area contributed by atoms with Gasteiger partial charge in [0.05, 0.1) is 11.1 Å². The predicted molar refractivity (Wildman–Crippen MR) is 81.2 cm³/mol. The minimum atomic E-state index is -0.966. The topological polar surface area (TPSA) is 66.0 Å². The standard InChI is InChI=1S/C14H9IN2O2/c15-9-6-4-8(5-7-9)13-16-11-3-1-2-10(14(18)19)12(11)17-13/h1-7H,(H,16,17)(H,18,19). The Bertz CT molecular complexity index is 763. The summed E-state index contributed by atoms with van der Waals surface area (Å²) in [6.45, 7) is 0. The number of aromatic carboxylic acids is 1. The average molecular weight is 364 g/mol. The van der Waals surface area contributed by atoms with Crippen molar-refractivity contribution < 1.29 is 9.90 Å². The lowest BCUT2D eigenvalue weighted by Gasteiger charge is -1.95. The van der Waals surface area contributed by atoms with E-state index in [2.05, 4.69) is 32.6 Å². The SMILES string of the molecule is O=C(O)c1cccc2[nH]c(-c3ccc(I)cc3)nc12. The maximum Gasteiger partial charge on any atom is 0.337 e. The molecular weight excluding hydrogens is 355 g/mol. The summed E-state index contributed by atoms with van der Waals surface area (Å²) in [4.78, 5) is 18.7. The van der Waals surface area contributed by atoms with E-state index >= 15 is 0 Å². The van der Waals surface area contributed by atoms with Crippen LogP contribution in [0.3, 0.4) is 0 Å². The van der Waals surface area contributed by atoms with E-state index in [1.54, 1.807) is 12.1 Å². The van der Waals surface area contributed by atoms with Gasteiger partial charge in [0.15, 0.2) is 0 Å². The van der Waals surface area contributed by atoms with E-state index in [1.165, 1.54) is 0 Å². The van der Waals surface area contributed by atoms with Gasteiger partial charge in [0, 0.05) is 9.13 Å². The monoisotopic (exact) mass is 364 g/mol. The maximum atomic E-state index is 11.2. The van der Waals surface area contributed by atoms with Crippen LogP contribution in [0.5, 0.6) is 0 Å². The van der Waals surface area contributed by atoms with E-state index in [0.29, 0.717) is 11.3 Å². The second-order valence-electron chi connectivity index (χ2n) is 4.10. The zero-order valence-corrected chi connectivity index (χ0v) is 11.9. The molecule has 0 spiro atoms. The number of benzene rings is 2. The number of carboxylic acids is 1. The van der Waals surface area contributed by atoms with Crippen LogP contribution in [0.25, 0.3) is 22.4 Å². The number of aromatic nitrogens is 2. The molecule has 0 unspecified atom stereocenters. The van der Waals surface area contributed by atoms with Gasteiger partial charge >= 0.3 is 5.97 Å². The first-order chi connectivity index (χ1) is 9.15. The Labute approximate surface area is 122 Å². The van der Waals surface area contributed by atoms with Crippen LogP contribution in [-0.2, 0) is 0 Å². The molecule has 0 fully saturated rings. The van der Waals surface area contributed by atoms with Crippen molar-refractivity contribution in [3.8, 4) is 11.4 Å². The van der Waals surface area contributed by atoms with Gasteiger partial charge in [-0.05, 0) is 46.9 Å². The number of aromatic amines is 1. The Morgan fingerprint density at radius 1 is 1.16 bits per heavy atom. The van der Waals surface area contributed by atoms with Crippen LogP contribution in [0.4, 0.5) is 0 Å². The largest absolute Gasteiger partial charge is 0.478 e. The molecule has 19 heavy (non-hydrogen) atoms. The summed E-state index contributed by atoms with van der Waals surface area (Å²) >= 11 is 2.24. The van der Waals surface area contributed by atoms with Crippen molar-refractivity contribution in [2.75, 3.05) is 0 Å².